The average Bonchev–Trinajstić information content (AvgIpc) is 2.43. The Kier molecular flexibility index (Phi) is 7.30. The highest BCUT2D eigenvalue weighted by molar-refractivity contribution is 9.10. The maximum absolute atomic E-state index is 14.2. The van der Waals surface area contributed by atoms with Crippen LogP contribution in [0, 0.1) is 0 Å². The summed E-state index contributed by atoms with van der Waals surface area (Å²) in [6, 6.07) is 3.60. The second-order valence-corrected chi connectivity index (χ2v) is 6.06. The molecule has 0 aromatic heterocycles. The summed E-state index contributed by atoms with van der Waals surface area (Å²) in [7, 11) is 0. The van der Waals surface area contributed by atoms with Crippen LogP contribution in [0.3, 0.4) is 0 Å². The van der Waals surface area contributed by atoms with Gasteiger partial charge < -0.3 is 10.4 Å². The standard InChI is InChI=1S/C13H16BrClF2N2O.ClH/c14-11-7-9(15)1-2-10(11)12(13(16,17)8-20)19-5-3-18-4-6-19;/h1-2,7,12,18,20H,3-6,8H2;1H/t12-;/m0./s1. The lowest BCUT2D eigenvalue weighted by Gasteiger charge is -2.39. The molecular weight excluding hydrogens is 389 g/mol. The quantitative estimate of drug-likeness (QED) is 0.807. The number of aliphatic hydroxyl groups excluding tert-OH is 1. The molecule has 21 heavy (non-hydrogen) atoms. The predicted octanol–water partition coefficient (Wildman–Crippen LogP) is 3.10. The Morgan fingerprint density at radius 2 is 2.00 bits per heavy atom. The van der Waals surface area contributed by atoms with Gasteiger partial charge in [0.25, 0.3) is 5.92 Å². The van der Waals surface area contributed by atoms with Gasteiger partial charge in [-0.2, -0.15) is 0 Å². The number of alkyl halides is 2. The molecule has 1 saturated heterocycles. The van der Waals surface area contributed by atoms with E-state index in [0.29, 0.717) is 41.2 Å². The largest absolute Gasteiger partial charge is 0.390 e. The van der Waals surface area contributed by atoms with E-state index in [1.807, 2.05) is 0 Å². The van der Waals surface area contributed by atoms with E-state index >= 15 is 0 Å². The first kappa shape index (κ1) is 19.1. The van der Waals surface area contributed by atoms with Crippen LogP contribution in [0.1, 0.15) is 11.6 Å². The van der Waals surface area contributed by atoms with E-state index in [1.54, 1.807) is 23.1 Å². The molecule has 0 saturated carbocycles. The van der Waals surface area contributed by atoms with Crippen LogP contribution in [0.4, 0.5) is 8.78 Å². The van der Waals surface area contributed by atoms with Crippen LogP contribution in [0.25, 0.3) is 0 Å². The summed E-state index contributed by atoms with van der Waals surface area (Å²) in [5.74, 6) is -3.21. The Bertz CT molecular complexity index is 473. The van der Waals surface area contributed by atoms with E-state index in [2.05, 4.69) is 21.2 Å². The molecule has 2 N–H and O–H groups in total. The van der Waals surface area contributed by atoms with Crippen molar-refractivity contribution in [1.29, 1.82) is 0 Å². The Morgan fingerprint density at radius 3 is 2.52 bits per heavy atom. The van der Waals surface area contributed by atoms with Crippen molar-refractivity contribution in [3.63, 3.8) is 0 Å². The third kappa shape index (κ3) is 4.50. The molecule has 0 amide bonds. The summed E-state index contributed by atoms with van der Waals surface area (Å²) >= 11 is 9.16. The molecule has 3 nitrogen and oxygen atoms in total. The van der Waals surface area contributed by atoms with E-state index < -0.39 is 18.6 Å². The second-order valence-electron chi connectivity index (χ2n) is 4.77. The predicted molar refractivity (Wildman–Crippen MR) is 85.6 cm³/mol. The zero-order chi connectivity index (χ0) is 14.8. The number of nitrogens with zero attached hydrogens (tertiary/aromatic N) is 1. The SMILES string of the molecule is Cl.OCC(F)(F)[C@H](c1ccc(Cl)cc1Br)N1CCNCC1. The van der Waals surface area contributed by atoms with Crippen molar-refractivity contribution in [3.8, 4) is 0 Å². The molecule has 8 heteroatoms. The fourth-order valence-electron chi connectivity index (χ4n) is 2.44. The van der Waals surface area contributed by atoms with Gasteiger partial charge in [-0.05, 0) is 17.7 Å². The normalized spacial score (nSPS) is 18.1. The zero-order valence-corrected chi connectivity index (χ0v) is 14.3. The molecule has 1 aromatic rings. The van der Waals surface area contributed by atoms with Crippen LogP contribution in [-0.4, -0.2) is 48.7 Å². The fourth-order valence-corrected chi connectivity index (χ4v) is 3.34. The van der Waals surface area contributed by atoms with Gasteiger partial charge in [-0.3, -0.25) is 4.90 Å². The van der Waals surface area contributed by atoms with E-state index in [4.69, 9.17) is 16.7 Å². The Balaban J connectivity index is 0.00000220. The number of aliphatic hydroxyl groups is 1. The number of benzene rings is 1. The summed E-state index contributed by atoms with van der Waals surface area (Å²) in [4.78, 5) is 1.70. The van der Waals surface area contributed by atoms with Crippen molar-refractivity contribution in [1.82, 2.24) is 10.2 Å². The first-order valence-electron chi connectivity index (χ1n) is 6.34. The number of halogens is 5. The van der Waals surface area contributed by atoms with Crippen LogP contribution in [0.2, 0.25) is 5.02 Å². The molecule has 2 rings (SSSR count). The molecule has 0 unspecified atom stereocenters. The van der Waals surface area contributed by atoms with Gasteiger partial charge in [-0.25, -0.2) is 8.78 Å². The Hall–Kier alpha value is 0.0200. The van der Waals surface area contributed by atoms with Crippen LogP contribution in [0.15, 0.2) is 22.7 Å². The average molecular weight is 406 g/mol. The molecule has 1 aliphatic heterocycles. The van der Waals surface area contributed by atoms with Crippen molar-refractivity contribution >= 4 is 39.9 Å². The highest BCUT2D eigenvalue weighted by atomic mass is 79.9. The van der Waals surface area contributed by atoms with E-state index in [9.17, 15) is 8.78 Å². The minimum Gasteiger partial charge on any atom is -0.390 e. The molecule has 1 fully saturated rings. The molecule has 1 heterocycles. The topological polar surface area (TPSA) is 35.5 Å². The van der Waals surface area contributed by atoms with Gasteiger partial charge in [0.05, 0.1) is 0 Å². The van der Waals surface area contributed by atoms with Gasteiger partial charge in [0.2, 0.25) is 0 Å². The van der Waals surface area contributed by atoms with Crippen LogP contribution < -0.4 is 5.32 Å². The molecule has 120 valence electrons. The molecule has 0 aliphatic carbocycles. The highest BCUT2D eigenvalue weighted by Gasteiger charge is 2.44. The third-order valence-electron chi connectivity index (χ3n) is 3.38. The van der Waals surface area contributed by atoms with Crippen molar-refractivity contribution in [2.75, 3.05) is 32.8 Å². The smallest absolute Gasteiger partial charge is 0.289 e. The summed E-state index contributed by atoms with van der Waals surface area (Å²) < 4.78 is 28.9. The molecule has 1 aliphatic rings. The minimum atomic E-state index is -3.21. The third-order valence-corrected chi connectivity index (χ3v) is 4.31. The number of piperazine rings is 1. The van der Waals surface area contributed by atoms with Crippen molar-refractivity contribution < 1.29 is 13.9 Å². The van der Waals surface area contributed by atoms with Gasteiger partial charge in [0.1, 0.15) is 12.6 Å². The van der Waals surface area contributed by atoms with Crippen molar-refractivity contribution in [2.45, 2.75) is 12.0 Å². The van der Waals surface area contributed by atoms with Crippen molar-refractivity contribution in [3.05, 3.63) is 33.3 Å². The van der Waals surface area contributed by atoms with E-state index in [1.165, 1.54) is 0 Å². The highest BCUT2D eigenvalue weighted by Crippen LogP contribution is 2.40. The van der Waals surface area contributed by atoms with Gasteiger partial charge in [0, 0.05) is 35.7 Å². The lowest BCUT2D eigenvalue weighted by atomic mass is 9.98. The zero-order valence-electron chi connectivity index (χ0n) is 11.2. The second kappa shape index (κ2) is 8.04. The lowest BCUT2D eigenvalue weighted by molar-refractivity contribution is -0.118. The van der Waals surface area contributed by atoms with Crippen molar-refractivity contribution in [2.24, 2.45) is 0 Å². The fraction of sp³-hybridized carbons (Fsp3) is 0.538. The Labute approximate surface area is 142 Å². The van der Waals surface area contributed by atoms with Gasteiger partial charge >= 0.3 is 0 Å². The summed E-state index contributed by atoms with van der Waals surface area (Å²) in [5, 5.41) is 12.7. The summed E-state index contributed by atoms with van der Waals surface area (Å²) in [5.41, 5.74) is 0.440. The minimum absolute atomic E-state index is 0. The van der Waals surface area contributed by atoms with Crippen LogP contribution >= 0.6 is 39.9 Å². The number of hydrogen-bond donors (Lipinski definition) is 2. The molecule has 0 spiro atoms. The first-order chi connectivity index (χ1) is 9.45. The van der Waals surface area contributed by atoms with Gasteiger partial charge in [-0.15, -0.1) is 12.4 Å². The van der Waals surface area contributed by atoms with Crippen LogP contribution in [-0.2, 0) is 0 Å². The van der Waals surface area contributed by atoms with Crippen LogP contribution in [0.5, 0.6) is 0 Å². The summed E-state index contributed by atoms with van der Waals surface area (Å²) in [6.45, 7) is 1.15. The van der Waals surface area contributed by atoms with Gasteiger partial charge in [0.15, 0.2) is 0 Å². The van der Waals surface area contributed by atoms with Gasteiger partial charge in [-0.1, -0.05) is 33.6 Å². The lowest BCUT2D eigenvalue weighted by Crippen LogP contribution is -2.51. The molecular formula is C13H17BrCl2F2N2O. The maximum atomic E-state index is 14.2. The first-order valence-corrected chi connectivity index (χ1v) is 7.51. The van der Waals surface area contributed by atoms with E-state index in [-0.39, 0.29) is 12.4 Å². The number of nitrogens with one attached hydrogen (secondary N) is 1. The monoisotopic (exact) mass is 404 g/mol. The number of hydrogen-bond acceptors (Lipinski definition) is 3. The van der Waals surface area contributed by atoms with E-state index in [0.717, 1.165) is 0 Å². The molecule has 1 atom stereocenters. The molecule has 1 aromatic carbocycles. The summed E-state index contributed by atoms with van der Waals surface area (Å²) in [6.07, 6.45) is 0. The molecule has 0 bridgehead atoms. The number of rotatable bonds is 4. The maximum Gasteiger partial charge on any atom is 0.289 e. The molecule has 0 radical (unpaired) electrons. The Morgan fingerprint density at radius 1 is 1.38 bits per heavy atom.